The zero-order chi connectivity index (χ0) is 15.5. The summed E-state index contributed by atoms with van der Waals surface area (Å²) in [6.07, 6.45) is 6.58. The molecular formula is C14H16FNO4S. The number of benzene rings is 1. The molecule has 1 aliphatic rings. The molecule has 0 radical (unpaired) electrons. The number of hydrogen-bond acceptors (Lipinski definition) is 3. The Morgan fingerprint density at radius 1 is 1.38 bits per heavy atom. The summed E-state index contributed by atoms with van der Waals surface area (Å²) in [5.41, 5.74) is -0.266. The molecular weight excluding hydrogens is 297 g/mol. The Hall–Kier alpha value is -1.73. The summed E-state index contributed by atoms with van der Waals surface area (Å²) >= 11 is 0. The lowest BCUT2D eigenvalue weighted by atomic mass is 9.95. The van der Waals surface area contributed by atoms with Gasteiger partial charge in [-0.15, -0.1) is 0 Å². The zero-order valence-corrected chi connectivity index (χ0v) is 12.1. The minimum Gasteiger partial charge on any atom is -0.478 e. The first kappa shape index (κ1) is 15.7. The van der Waals surface area contributed by atoms with Gasteiger partial charge in [-0.25, -0.2) is 22.3 Å². The van der Waals surface area contributed by atoms with Gasteiger partial charge in [-0.3, -0.25) is 0 Å². The van der Waals surface area contributed by atoms with Crippen molar-refractivity contribution in [3.8, 4) is 0 Å². The van der Waals surface area contributed by atoms with Crippen LogP contribution in [-0.2, 0) is 10.0 Å². The predicted molar refractivity (Wildman–Crippen MR) is 75.0 cm³/mol. The van der Waals surface area contributed by atoms with E-state index in [0.717, 1.165) is 37.5 Å². The van der Waals surface area contributed by atoms with E-state index in [0.29, 0.717) is 0 Å². The fraction of sp³-hybridized carbons (Fsp3) is 0.357. The van der Waals surface area contributed by atoms with Crippen LogP contribution in [-0.4, -0.2) is 26.0 Å². The average molecular weight is 313 g/mol. The van der Waals surface area contributed by atoms with Crippen LogP contribution in [0, 0.1) is 11.7 Å². The molecule has 0 saturated carbocycles. The molecule has 1 aliphatic carbocycles. The summed E-state index contributed by atoms with van der Waals surface area (Å²) in [5.74, 6) is -2.09. The summed E-state index contributed by atoms with van der Waals surface area (Å²) in [6.45, 7) is 0.212. The van der Waals surface area contributed by atoms with Gasteiger partial charge in [-0.1, -0.05) is 12.2 Å². The van der Waals surface area contributed by atoms with Crippen LogP contribution in [0.5, 0.6) is 0 Å². The highest BCUT2D eigenvalue weighted by atomic mass is 32.2. The van der Waals surface area contributed by atoms with Crippen molar-refractivity contribution in [1.29, 1.82) is 0 Å². The molecule has 7 heteroatoms. The van der Waals surface area contributed by atoms with Crippen molar-refractivity contribution in [2.75, 3.05) is 6.54 Å². The van der Waals surface area contributed by atoms with Gasteiger partial charge in [0, 0.05) is 6.54 Å². The van der Waals surface area contributed by atoms with Crippen LogP contribution in [0.25, 0.3) is 0 Å². The molecule has 0 bridgehead atoms. The Bertz CT molecular complexity index is 670. The van der Waals surface area contributed by atoms with Gasteiger partial charge in [0.1, 0.15) is 10.7 Å². The number of rotatable bonds is 5. The first-order valence-corrected chi connectivity index (χ1v) is 8.06. The van der Waals surface area contributed by atoms with Crippen molar-refractivity contribution >= 4 is 16.0 Å². The molecule has 1 aromatic rings. The number of allylic oxidation sites excluding steroid dienone is 2. The van der Waals surface area contributed by atoms with Gasteiger partial charge >= 0.3 is 5.97 Å². The Morgan fingerprint density at radius 2 is 2.14 bits per heavy atom. The van der Waals surface area contributed by atoms with Crippen molar-refractivity contribution in [2.24, 2.45) is 5.92 Å². The van der Waals surface area contributed by atoms with Gasteiger partial charge in [0.15, 0.2) is 0 Å². The molecule has 21 heavy (non-hydrogen) atoms. The number of hydrogen-bond donors (Lipinski definition) is 2. The van der Waals surface area contributed by atoms with Crippen LogP contribution in [0.1, 0.15) is 29.6 Å². The van der Waals surface area contributed by atoms with E-state index >= 15 is 0 Å². The maximum absolute atomic E-state index is 13.7. The molecule has 0 amide bonds. The molecule has 0 aromatic heterocycles. The van der Waals surface area contributed by atoms with Gasteiger partial charge < -0.3 is 5.11 Å². The maximum Gasteiger partial charge on any atom is 0.335 e. The van der Waals surface area contributed by atoms with Crippen LogP contribution in [0.15, 0.2) is 35.2 Å². The lowest BCUT2D eigenvalue weighted by molar-refractivity contribution is 0.0696. The minimum absolute atomic E-state index is 0.176. The molecule has 1 atom stereocenters. The van der Waals surface area contributed by atoms with E-state index in [1.165, 1.54) is 0 Å². The molecule has 2 rings (SSSR count). The Balaban J connectivity index is 2.16. The maximum atomic E-state index is 13.7. The molecule has 0 heterocycles. The predicted octanol–water partition coefficient (Wildman–Crippen LogP) is 2.16. The van der Waals surface area contributed by atoms with Crippen LogP contribution >= 0.6 is 0 Å². The zero-order valence-electron chi connectivity index (χ0n) is 11.3. The third-order valence-electron chi connectivity index (χ3n) is 3.41. The molecule has 1 aromatic carbocycles. The first-order chi connectivity index (χ1) is 9.90. The standard InChI is InChI=1S/C14H16FNO4S/c15-12-7-6-11(14(17)18)8-13(12)21(19,20)16-9-10-4-2-1-3-5-10/h1-2,6-8,10,16H,3-5,9H2,(H,17,18). The van der Waals surface area contributed by atoms with Gasteiger partial charge in [-0.2, -0.15) is 0 Å². The summed E-state index contributed by atoms with van der Waals surface area (Å²) < 4.78 is 40.2. The third-order valence-corrected chi connectivity index (χ3v) is 4.85. The van der Waals surface area contributed by atoms with Crippen molar-refractivity contribution < 1.29 is 22.7 Å². The lowest BCUT2D eigenvalue weighted by Gasteiger charge is -2.18. The summed E-state index contributed by atoms with van der Waals surface area (Å²) in [5, 5.41) is 8.85. The monoisotopic (exact) mass is 313 g/mol. The highest BCUT2D eigenvalue weighted by molar-refractivity contribution is 7.89. The first-order valence-electron chi connectivity index (χ1n) is 6.57. The third kappa shape index (κ3) is 3.89. The Kier molecular flexibility index (Phi) is 4.74. The fourth-order valence-corrected chi connectivity index (χ4v) is 3.41. The smallest absolute Gasteiger partial charge is 0.335 e. The minimum atomic E-state index is -4.06. The second-order valence-electron chi connectivity index (χ2n) is 4.95. The van der Waals surface area contributed by atoms with Crippen LogP contribution < -0.4 is 4.72 Å². The van der Waals surface area contributed by atoms with E-state index in [2.05, 4.69) is 4.72 Å². The molecule has 0 fully saturated rings. The molecule has 2 N–H and O–H groups in total. The van der Waals surface area contributed by atoms with Crippen molar-refractivity contribution in [3.63, 3.8) is 0 Å². The van der Waals surface area contributed by atoms with E-state index in [1.54, 1.807) is 0 Å². The number of sulfonamides is 1. The van der Waals surface area contributed by atoms with E-state index in [-0.39, 0.29) is 18.0 Å². The molecule has 0 saturated heterocycles. The molecule has 5 nitrogen and oxygen atoms in total. The number of aromatic carboxylic acids is 1. The summed E-state index contributed by atoms with van der Waals surface area (Å²) in [4.78, 5) is 10.2. The average Bonchev–Trinajstić information content (AvgIpc) is 2.46. The molecule has 114 valence electrons. The van der Waals surface area contributed by atoms with Crippen molar-refractivity contribution in [1.82, 2.24) is 4.72 Å². The van der Waals surface area contributed by atoms with E-state index in [1.807, 2.05) is 12.2 Å². The number of carboxylic acid groups (broad SMARTS) is 1. The molecule has 0 spiro atoms. The fourth-order valence-electron chi connectivity index (χ4n) is 2.19. The van der Waals surface area contributed by atoms with Crippen LogP contribution in [0.4, 0.5) is 4.39 Å². The van der Waals surface area contributed by atoms with E-state index in [4.69, 9.17) is 5.11 Å². The highest BCUT2D eigenvalue weighted by Crippen LogP contribution is 2.20. The number of carboxylic acids is 1. The summed E-state index contributed by atoms with van der Waals surface area (Å²) in [7, 11) is -4.06. The molecule has 0 aliphatic heterocycles. The number of nitrogens with one attached hydrogen (secondary N) is 1. The number of halogens is 1. The van der Waals surface area contributed by atoms with Gasteiger partial charge in [0.25, 0.3) is 0 Å². The SMILES string of the molecule is O=C(O)c1ccc(F)c(S(=O)(=O)NCC2CC=CCC2)c1. The molecule has 1 unspecified atom stereocenters. The second-order valence-corrected chi connectivity index (χ2v) is 6.69. The second kappa shape index (κ2) is 6.36. The number of carbonyl (C=O) groups is 1. The topological polar surface area (TPSA) is 83.5 Å². The normalized spacial score (nSPS) is 18.6. The Morgan fingerprint density at radius 3 is 2.76 bits per heavy atom. The lowest BCUT2D eigenvalue weighted by Crippen LogP contribution is -2.30. The van der Waals surface area contributed by atoms with Crippen molar-refractivity contribution in [3.05, 3.63) is 41.7 Å². The van der Waals surface area contributed by atoms with Crippen LogP contribution in [0.3, 0.4) is 0 Å². The van der Waals surface area contributed by atoms with Gasteiger partial charge in [0.05, 0.1) is 5.56 Å². The quantitative estimate of drug-likeness (QED) is 0.816. The largest absolute Gasteiger partial charge is 0.478 e. The van der Waals surface area contributed by atoms with E-state index in [9.17, 15) is 17.6 Å². The van der Waals surface area contributed by atoms with Gasteiger partial charge in [-0.05, 0) is 43.4 Å². The van der Waals surface area contributed by atoms with Crippen molar-refractivity contribution in [2.45, 2.75) is 24.2 Å². The summed E-state index contributed by atoms with van der Waals surface area (Å²) in [6, 6.07) is 2.71. The highest BCUT2D eigenvalue weighted by Gasteiger charge is 2.22. The van der Waals surface area contributed by atoms with Crippen LogP contribution in [0.2, 0.25) is 0 Å². The Labute approximate surface area is 122 Å². The van der Waals surface area contributed by atoms with Gasteiger partial charge in [0.2, 0.25) is 10.0 Å². The van der Waals surface area contributed by atoms with E-state index < -0.39 is 26.7 Å².